The fourth-order valence-electron chi connectivity index (χ4n) is 2.32. The van der Waals surface area contributed by atoms with Crippen LogP contribution in [0.1, 0.15) is 28.8 Å². The molecule has 0 unspecified atom stereocenters. The van der Waals surface area contributed by atoms with Crippen LogP contribution in [-0.4, -0.2) is 38.3 Å². The molecular formula is C15H21FN2O2. The molecular weight excluding hydrogens is 259 g/mol. The van der Waals surface area contributed by atoms with Crippen molar-refractivity contribution in [1.82, 2.24) is 10.6 Å². The molecule has 0 radical (unpaired) electrons. The number of rotatable bonds is 5. The van der Waals surface area contributed by atoms with Gasteiger partial charge in [-0.3, -0.25) is 4.79 Å². The van der Waals surface area contributed by atoms with Gasteiger partial charge in [-0.15, -0.1) is 0 Å². The van der Waals surface area contributed by atoms with Gasteiger partial charge in [-0.1, -0.05) is 0 Å². The minimum Gasteiger partial charge on any atom is -0.376 e. The van der Waals surface area contributed by atoms with Crippen LogP contribution in [0.2, 0.25) is 0 Å². The molecule has 5 heteroatoms. The van der Waals surface area contributed by atoms with Crippen LogP contribution < -0.4 is 10.6 Å². The highest BCUT2D eigenvalue weighted by Crippen LogP contribution is 2.08. The summed E-state index contributed by atoms with van der Waals surface area (Å²) in [5.41, 5.74) is 1.09. The Kier molecular flexibility index (Phi) is 5.49. The van der Waals surface area contributed by atoms with Gasteiger partial charge >= 0.3 is 0 Å². The van der Waals surface area contributed by atoms with Crippen LogP contribution in [0.25, 0.3) is 0 Å². The Bertz CT molecular complexity index is 439. The maximum absolute atomic E-state index is 13.2. The van der Waals surface area contributed by atoms with Crippen molar-refractivity contribution >= 4 is 5.91 Å². The number of amides is 1. The molecule has 1 aliphatic rings. The lowest BCUT2D eigenvalue weighted by atomic mass is 10.1. The molecule has 1 saturated heterocycles. The molecule has 1 aliphatic heterocycles. The summed E-state index contributed by atoms with van der Waals surface area (Å²) in [7, 11) is 0. The van der Waals surface area contributed by atoms with Crippen LogP contribution in [-0.2, 0) is 4.74 Å². The summed E-state index contributed by atoms with van der Waals surface area (Å²) in [6.07, 6.45) is 2.30. The summed E-state index contributed by atoms with van der Waals surface area (Å²) < 4.78 is 18.9. The summed E-state index contributed by atoms with van der Waals surface area (Å²) in [5.74, 6) is -0.650. The van der Waals surface area contributed by atoms with Crippen molar-refractivity contribution in [3.63, 3.8) is 0 Å². The van der Waals surface area contributed by atoms with Crippen molar-refractivity contribution in [2.75, 3.05) is 26.2 Å². The van der Waals surface area contributed by atoms with Crippen LogP contribution in [0.3, 0.4) is 0 Å². The molecule has 110 valence electrons. The number of carbonyl (C=O) groups excluding carboxylic acids is 1. The van der Waals surface area contributed by atoms with E-state index in [4.69, 9.17) is 4.74 Å². The molecule has 0 atom stereocenters. The van der Waals surface area contributed by atoms with Gasteiger partial charge in [0.15, 0.2) is 0 Å². The van der Waals surface area contributed by atoms with E-state index < -0.39 is 0 Å². The Morgan fingerprint density at radius 3 is 2.85 bits per heavy atom. The van der Waals surface area contributed by atoms with Gasteiger partial charge in [0.05, 0.1) is 12.7 Å². The largest absolute Gasteiger partial charge is 0.376 e. The summed E-state index contributed by atoms with van der Waals surface area (Å²) in [4.78, 5) is 11.9. The Morgan fingerprint density at radius 1 is 1.40 bits per heavy atom. The van der Waals surface area contributed by atoms with Crippen molar-refractivity contribution in [2.24, 2.45) is 0 Å². The lowest BCUT2D eigenvalue weighted by Crippen LogP contribution is -2.34. The fourth-order valence-corrected chi connectivity index (χ4v) is 2.32. The third-order valence-corrected chi connectivity index (χ3v) is 3.33. The number of piperidine rings is 1. The lowest BCUT2D eigenvalue weighted by molar-refractivity contribution is 0.0343. The lowest BCUT2D eigenvalue weighted by Gasteiger charge is -2.22. The SMILES string of the molecule is Cc1cc(F)cc(C(=O)NCCOC2CCNCC2)c1. The number of carbonyl (C=O) groups is 1. The number of ether oxygens (including phenoxy) is 1. The zero-order chi connectivity index (χ0) is 14.4. The number of nitrogens with one attached hydrogen (secondary N) is 2. The zero-order valence-electron chi connectivity index (χ0n) is 11.7. The molecule has 1 aromatic carbocycles. The molecule has 20 heavy (non-hydrogen) atoms. The second-order valence-electron chi connectivity index (χ2n) is 5.09. The van der Waals surface area contributed by atoms with Gasteiger partial charge in [0.1, 0.15) is 5.82 Å². The van der Waals surface area contributed by atoms with Crippen LogP contribution >= 0.6 is 0 Å². The first-order valence-corrected chi connectivity index (χ1v) is 7.03. The molecule has 1 aromatic rings. The van der Waals surface area contributed by atoms with E-state index in [1.165, 1.54) is 12.1 Å². The quantitative estimate of drug-likeness (QED) is 0.806. The average molecular weight is 280 g/mol. The van der Waals surface area contributed by atoms with Gasteiger partial charge in [0.25, 0.3) is 5.91 Å². The highest BCUT2D eigenvalue weighted by atomic mass is 19.1. The molecule has 1 heterocycles. The van der Waals surface area contributed by atoms with Crippen LogP contribution in [0.15, 0.2) is 18.2 Å². The summed E-state index contributed by atoms with van der Waals surface area (Å²) in [6.45, 7) is 4.67. The molecule has 0 aliphatic carbocycles. The second-order valence-corrected chi connectivity index (χ2v) is 5.09. The van der Waals surface area contributed by atoms with E-state index in [1.54, 1.807) is 13.0 Å². The van der Waals surface area contributed by atoms with Crippen LogP contribution in [0.4, 0.5) is 4.39 Å². The average Bonchev–Trinajstić information content (AvgIpc) is 2.43. The number of hydrogen-bond donors (Lipinski definition) is 2. The number of benzene rings is 1. The van der Waals surface area contributed by atoms with Gasteiger partial charge in [0, 0.05) is 12.1 Å². The third-order valence-electron chi connectivity index (χ3n) is 3.33. The minimum absolute atomic E-state index is 0.262. The molecule has 0 saturated carbocycles. The molecule has 1 amide bonds. The normalized spacial score (nSPS) is 16.1. The number of aryl methyl sites for hydroxylation is 1. The Morgan fingerprint density at radius 2 is 2.15 bits per heavy atom. The first-order chi connectivity index (χ1) is 9.65. The Balaban J connectivity index is 1.71. The smallest absolute Gasteiger partial charge is 0.251 e. The van der Waals surface area contributed by atoms with E-state index >= 15 is 0 Å². The van der Waals surface area contributed by atoms with E-state index in [0.717, 1.165) is 31.5 Å². The standard InChI is InChI=1S/C15H21FN2O2/c1-11-8-12(10-13(16)9-11)15(19)18-6-7-20-14-2-4-17-5-3-14/h8-10,14,17H,2-7H2,1H3,(H,18,19). The van der Waals surface area contributed by atoms with Gasteiger partial charge in [-0.2, -0.15) is 0 Å². The van der Waals surface area contributed by atoms with E-state index in [9.17, 15) is 9.18 Å². The molecule has 2 rings (SSSR count). The summed E-state index contributed by atoms with van der Waals surface area (Å²) in [6, 6.07) is 4.32. The maximum Gasteiger partial charge on any atom is 0.251 e. The van der Waals surface area contributed by atoms with E-state index in [-0.39, 0.29) is 17.8 Å². The van der Waals surface area contributed by atoms with E-state index in [1.807, 2.05) is 0 Å². The topological polar surface area (TPSA) is 50.4 Å². The molecule has 0 aromatic heterocycles. The molecule has 0 bridgehead atoms. The van der Waals surface area contributed by atoms with E-state index in [2.05, 4.69) is 10.6 Å². The molecule has 1 fully saturated rings. The maximum atomic E-state index is 13.2. The monoisotopic (exact) mass is 280 g/mol. The number of halogens is 1. The summed E-state index contributed by atoms with van der Waals surface area (Å²) >= 11 is 0. The van der Waals surface area contributed by atoms with Crippen molar-refractivity contribution in [3.05, 3.63) is 35.1 Å². The second kappa shape index (κ2) is 7.36. The first-order valence-electron chi connectivity index (χ1n) is 7.03. The van der Waals surface area contributed by atoms with Crippen LogP contribution in [0, 0.1) is 12.7 Å². The fraction of sp³-hybridized carbons (Fsp3) is 0.533. The Hall–Kier alpha value is -1.46. The van der Waals surface area contributed by atoms with Crippen molar-refractivity contribution < 1.29 is 13.9 Å². The van der Waals surface area contributed by atoms with Gasteiger partial charge in [0.2, 0.25) is 0 Å². The van der Waals surface area contributed by atoms with E-state index in [0.29, 0.717) is 18.7 Å². The van der Waals surface area contributed by atoms with Crippen molar-refractivity contribution in [1.29, 1.82) is 0 Å². The minimum atomic E-state index is -0.388. The zero-order valence-corrected chi connectivity index (χ0v) is 11.7. The predicted octanol–water partition coefficient (Wildman–Crippen LogP) is 1.63. The molecule has 0 spiro atoms. The predicted molar refractivity (Wildman–Crippen MR) is 75.3 cm³/mol. The van der Waals surface area contributed by atoms with Gasteiger partial charge in [-0.05, 0) is 56.6 Å². The molecule has 4 nitrogen and oxygen atoms in total. The highest BCUT2D eigenvalue weighted by molar-refractivity contribution is 5.94. The van der Waals surface area contributed by atoms with Gasteiger partial charge < -0.3 is 15.4 Å². The van der Waals surface area contributed by atoms with Crippen molar-refractivity contribution in [3.8, 4) is 0 Å². The highest BCUT2D eigenvalue weighted by Gasteiger charge is 2.13. The Labute approximate surface area is 118 Å². The molecule has 2 N–H and O–H groups in total. The van der Waals surface area contributed by atoms with Gasteiger partial charge in [-0.25, -0.2) is 4.39 Å². The summed E-state index contributed by atoms with van der Waals surface area (Å²) in [5, 5.41) is 6.02. The van der Waals surface area contributed by atoms with Crippen molar-refractivity contribution in [2.45, 2.75) is 25.9 Å². The van der Waals surface area contributed by atoms with Crippen LogP contribution in [0.5, 0.6) is 0 Å². The third kappa shape index (κ3) is 4.58. The number of hydrogen-bond acceptors (Lipinski definition) is 3. The first kappa shape index (κ1) is 14.9.